The van der Waals surface area contributed by atoms with Crippen LogP contribution in [-0.4, -0.2) is 19.1 Å². The Balaban J connectivity index is 2.31. The van der Waals surface area contributed by atoms with Gasteiger partial charge in [0.05, 0.1) is 0 Å². The minimum Gasteiger partial charge on any atom is -0.371 e. The fraction of sp³-hybridized carbons (Fsp3) is 0.538. The van der Waals surface area contributed by atoms with Crippen LogP contribution in [0.2, 0.25) is 0 Å². The van der Waals surface area contributed by atoms with Crippen LogP contribution in [0.15, 0.2) is 18.2 Å². The molecule has 0 aromatic heterocycles. The molecule has 0 amide bonds. The number of hydrogen-bond acceptors (Lipinski definition) is 2. The molecule has 1 aromatic carbocycles. The zero-order valence-corrected chi connectivity index (χ0v) is 9.66. The summed E-state index contributed by atoms with van der Waals surface area (Å²) in [6, 6.07) is 6.87. The normalized spacial score (nSPS) is 16.6. The topological polar surface area (TPSA) is 29.3 Å². The van der Waals surface area contributed by atoms with E-state index >= 15 is 0 Å². The standard InChI is InChI=1S/C13H20N2/c1-3-15-8-7-12-11(9-10(2)14)5-4-6-13(12)15/h4-6,10H,3,7-9,14H2,1-2H3. The maximum atomic E-state index is 5.87. The molecule has 1 atom stereocenters. The number of rotatable bonds is 3. The summed E-state index contributed by atoms with van der Waals surface area (Å²) in [5.41, 5.74) is 10.3. The Bertz CT molecular complexity index is 344. The predicted molar refractivity (Wildman–Crippen MR) is 65.4 cm³/mol. The molecule has 0 bridgehead atoms. The summed E-state index contributed by atoms with van der Waals surface area (Å²) in [7, 11) is 0. The van der Waals surface area contributed by atoms with Crippen LogP contribution in [-0.2, 0) is 12.8 Å². The molecular weight excluding hydrogens is 184 g/mol. The minimum atomic E-state index is 0.257. The first-order valence-electron chi connectivity index (χ1n) is 5.83. The van der Waals surface area contributed by atoms with Crippen LogP contribution in [0.5, 0.6) is 0 Å². The van der Waals surface area contributed by atoms with E-state index < -0.39 is 0 Å². The van der Waals surface area contributed by atoms with Crippen molar-refractivity contribution in [2.24, 2.45) is 5.73 Å². The van der Waals surface area contributed by atoms with Gasteiger partial charge in [-0.1, -0.05) is 12.1 Å². The number of fused-ring (bicyclic) bond motifs is 1. The molecular formula is C13H20N2. The zero-order valence-electron chi connectivity index (χ0n) is 9.66. The van der Waals surface area contributed by atoms with Crippen molar-refractivity contribution in [2.45, 2.75) is 32.7 Å². The Morgan fingerprint density at radius 2 is 2.27 bits per heavy atom. The maximum Gasteiger partial charge on any atom is 0.0402 e. The summed E-state index contributed by atoms with van der Waals surface area (Å²) in [5, 5.41) is 0. The average Bonchev–Trinajstić information content (AvgIpc) is 2.61. The summed E-state index contributed by atoms with van der Waals surface area (Å²) < 4.78 is 0. The second-order valence-corrected chi connectivity index (χ2v) is 4.43. The van der Waals surface area contributed by atoms with Crippen LogP contribution >= 0.6 is 0 Å². The summed E-state index contributed by atoms with van der Waals surface area (Å²) in [4.78, 5) is 2.44. The third-order valence-electron chi connectivity index (χ3n) is 3.14. The first kappa shape index (κ1) is 10.5. The fourth-order valence-corrected chi connectivity index (χ4v) is 2.44. The number of benzene rings is 1. The summed E-state index contributed by atoms with van der Waals surface area (Å²) in [5.74, 6) is 0. The molecule has 82 valence electrons. The van der Waals surface area contributed by atoms with E-state index in [1.807, 2.05) is 0 Å². The van der Waals surface area contributed by atoms with Gasteiger partial charge in [0.2, 0.25) is 0 Å². The van der Waals surface area contributed by atoms with Crippen LogP contribution in [0.4, 0.5) is 5.69 Å². The number of hydrogen-bond donors (Lipinski definition) is 1. The van der Waals surface area contributed by atoms with Crippen molar-refractivity contribution in [3.63, 3.8) is 0 Å². The third kappa shape index (κ3) is 2.00. The molecule has 15 heavy (non-hydrogen) atoms. The van der Waals surface area contributed by atoms with Gasteiger partial charge in [-0.2, -0.15) is 0 Å². The van der Waals surface area contributed by atoms with E-state index in [1.54, 1.807) is 0 Å². The Morgan fingerprint density at radius 1 is 1.47 bits per heavy atom. The highest BCUT2D eigenvalue weighted by atomic mass is 15.1. The van der Waals surface area contributed by atoms with Crippen LogP contribution in [0.25, 0.3) is 0 Å². The molecule has 0 radical (unpaired) electrons. The smallest absolute Gasteiger partial charge is 0.0402 e. The summed E-state index contributed by atoms with van der Waals surface area (Å²) in [6.07, 6.45) is 2.19. The van der Waals surface area contributed by atoms with Gasteiger partial charge in [-0.15, -0.1) is 0 Å². The van der Waals surface area contributed by atoms with E-state index in [0.29, 0.717) is 0 Å². The lowest BCUT2D eigenvalue weighted by atomic mass is 9.99. The highest BCUT2D eigenvalue weighted by Crippen LogP contribution is 2.30. The highest BCUT2D eigenvalue weighted by Gasteiger charge is 2.20. The molecule has 1 unspecified atom stereocenters. The molecule has 1 aromatic rings. The van der Waals surface area contributed by atoms with Crippen molar-refractivity contribution in [1.82, 2.24) is 0 Å². The molecule has 0 spiro atoms. The van der Waals surface area contributed by atoms with Gasteiger partial charge in [-0.25, -0.2) is 0 Å². The Kier molecular flexibility index (Phi) is 2.96. The van der Waals surface area contributed by atoms with Gasteiger partial charge in [-0.3, -0.25) is 0 Å². The quantitative estimate of drug-likeness (QED) is 0.815. The molecule has 2 heteroatoms. The summed E-state index contributed by atoms with van der Waals surface area (Å²) >= 11 is 0. The SMILES string of the molecule is CCN1CCc2c(CC(C)N)cccc21. The molecule has 1 aliphatic heterocycles. The first-order valence-corrected chi connectivity index (χ1v) is 5.83. The van der Waals surface area contributed by atoms with Gasteiger partial charge in [0.1, 0.15) is 0 Å². The van der Waals surface area contributed by atoms with Crippen molar-refractivity contribution < 1.29 is 0 Å². The molecule has 0 saturated heterocycles. The second kappa shape index (κ2) is 4.23. The molecule has 2 nitrogen and oxygen atoms in total. The number of anilines is 1. The lowest BCUT2D eigenvalue weighted by molar-refractivity contribution is 0.733. The molecule has 0 aliphatic carbocycles. The van der Waals surface area contributed by atoms with Crippen molar-refractivity contribution in [3.05, 3.63) is 29.3 Å². The largest absolute Gasteiger partial charge is 0.371 e. The Labute approximate surface area is 92.1 Å². The third-order valence-corrected chi connectivity index (χ3v) is 3.14. The maximum absolute atomic E-state index is 5.87. The lowest BCUT2D eigenvalue weighted by Crippen LogP contribution is -2.19. The van der Waals surface area contributed by atoms with E-state index in [-0.39, 0.29) is 6.04 Å². The van der Waals surface area contributed by atoms with Gasteiger partial charge in [0, 0.05) is 24.8 Å². The zero-order chi connectivity index (χ0) is 10.8. The molecule has 2 rings (SSSR count). The molecule has 1 heterocycles. The number of nitrogens with zero attached hydrogens (tertiary/aromatic N) is 1. The Hall–Kier alpha value is -1.02. The number of nitrogens with two attached hydrogens (primary N) is 1. The molecule has 2 N–H and O–H groups in total. The van der Waals surface area contributed by atoms with Gasteiger partial charge in [0.25, 0.3) is 0 Å². The molecule has 0 saturated carbocycles. The van der Waals surface area contributed by atoms with Crippen LogP contribution < -0.4 is 10.6 Å². The van der Waals surface area contributed by atoms with Crippen molar-refractivity contribution in [3.8, 4) is 0 Å². The fourth-order valence-electron chi connectivity index (χ4n) is 2.44. The van der Waals surface area contributed by atoms with E-state index in [9.17, 15) is 0 Å². The predicted octanol–water partition coefficient (Wildman–Crippen LogP) is 1.96. The van der Waals surface area contributed by atoms with Crippen molar-refractivity contribution in [2.75, 3.05) is 18.0 Å². The van der Waals surface area contributed by atoms with Crippen LogP contribution in [0.3, 0.4) is 0 Å². The monoisotopic (exact) mass is 204 g/mol. The number of likely N-dealkylation sites (N-methyl/N-ethyl adjacent to an activating group) is 1. The van der Waals surface area contributed by atoms with Gasteiger partial charge >= 0.3 is 0 Å². The van der Waals surface area contributed by atoms with Crippen LogP contribution in [0.1, 0.15) is 25.0 Å². The second-order valence-electron chi connectivity index (χ2n) is 4.43. The van der Waals surface area contributed by atoms with E-state index in [0.717, 1.165) is 13.0 Å². The van der Waals surface area contributed by atoms with E-state index in [1.165, 1.54) is 29.8 Å². The summed E-state index contributed by atoms with van der Waals surface area (Å²) in [6.45, 7) is 6.57. The molecule has 1 aliphatic rings. The van der Waals surface area contributed by atoms with Gasteiger partial charge in [0.15, 0.2) is 0 Å². The van der Waals surface area contributed by atoms with Gasteiger partial charge in [-0.05, 0) is 43.9 Å². The van der Waals surface area contributed by atoms with Crippen molar-refractivity contribution >= 4 is 5.69 Å². The Morgan fingerprint density at radius 3 is 2.93 bits per heavy atom. The highest BCUT2D eigenvalue weighted by molar-refractivity contribution is 5.60. The lowest BCUT2D eigenvalue weighted by Gasteiger charge is -2.17. The van der Waals surface area contributed by atoms with E-state index in [2.05, 4.69) is 36.9 Å². The first-order chi connectivity index (χ1) is 7.22. The van der Waals surface area contributed by atoms with Gasteiger partial charge < -0.3 is 10.6 Å². The average molecular weight is 204 g/mol. The minimum absolute atomic E-state index is 0.257. The van der Waals surface area contributed by atoms with Crippen molar-refractivity contribution in [1.29, 1.82) is 0 Å². The van der Waals surface area contributed by atoms with Crippen LogP contribution in [0, 0.1) is 0 Å². The van der Waals surface area contributed by atoms with E-state index in [4.69, 9.17) is 5.73 Å². The molecule has 0 fully saturated rings.